The molecule has 0 N–H and O–H groups in total. The molecular formula is C14H10BrClF2O. The van der Waals surface area contributed by atoms with Crippen molar-refractivity contribution < 1.29 is 13.5 Å². The largest absolute Gasteiger partial charge is 0.486 e. The molecule has 2 rings (SSSR count). The van der Waals surface area contributed by atoms with Crippen LogP contribution in [0.2, 0.25) is 5.02 Å². The minimum Gasteiger partial charge on any atom is -0.486 e. The summed E-state index contributed by atoms with van der Waals surface area (Å²) in [6.07, 6.45) is 0. The van der Waals surface area contributed by atoms with Crippen molar-refractivity contribution in [2.24, 2.45) is 0 Å². The molecular weight excluding hydrogens is 338 g/mol. The zero-order chi connectivity index (χ0) is 13.8. The number of benzene rings is 2. The molecule has 0 bridgehead atoms. The molecule has 5 heteroatoms. The molecule has 0 aliphatic rings. The second-order valence-electron chi connectivity index (χ2n) is 3.94. The smallest absolute Gasteiger partial charge is 0.165 e. The van der Waals surface area contributed by atoms with Crippen LogP contribution in [0.25, 0.3) is 0 Å². The molecule has 0 radical (unpaired) electrons. The van der Waals surface area contributed by atoms with E-state index in [1.807, 2.05) is 0 Å². The van der Waals surface area contributed by atoms with E-state index in [9.17, 15) is 8.78 Å². The van der Waals surface area contributed by atoms with Crippen LogP contribution in [0, 0.1) is 11.6 Å². The summed E-state index contributed by atoms with van der Waals surface area (Å²) in [7, 11) is 0. The Kier molecular flexibility index (Phi) is 4.77. The minimum absolute atomic E-state index is 0.0243. The van der Waals surface area contributed by atoms with Crippen molar-refractivity contribution >= 4 is 27.5 Å². The van der Waals surface area contributed by atoms with E-state index < -0.39 is 11.6 Å². The maximum Gasteiger partial charge on any atom is 0.165 e. The fourth-order valence-electron chi connectivity index (χ4n) is 1.54. The zero-order valence-electron chi connectivity index (χ0n) is 9.80. The lowest BCUT2D eigenvalue weighted by molar-refractivity contribution is 0.290. The predicted molar refractivity (Wildman–Crippen MR) is 74.8 cm³/mol. The number of rotatable bonds is 4. The summed E-state index contributed by atoms with van der Waals surface area (Å²) in [6, 6.07) is 9.00. The Morgan fingerprint density at radius 3 is 2.37 bits per heavy atom. The molecule has 0 fully saturated rings. The molecule has 0 amide bonds. The molecule has 2 aromatic carbocycles. The molecule has 0 unspecified atom stereocenters. The maximum atomic E-state index is 13.7. The summed E-state index contributed by atoms with van der Waals surface area (Å²) in [6.45, 7) is 0.130. The number of ether oxygens (including phenoxy) is 1. The Bertz CT molecular complexity index is 590. The van der Waals surface area contributed by atoms with Crippen molar-refractivity contribution in [3.05, 3.63) is 64.2 Å². The number of alkyl halides is 1. The molecule has 100 valence electrons. The molecule has 0 saturated carbocycles. The van der Waals surface area contributed by atoms with Crippen LogP contribution in [0.4, 0.5) is 8.78 Å². The van der Waals surface area contributed by atoms with Gasteiger partial charge in [0.05, 0.1) is 5.02 Å². The molecule has 0 heterocycles. The van der Waals surface area contributed by atoms with E-state index in [2.05, 4.69) is 15.9 Å². The summed E-state index contributed by atoms with van der Waals surface area (Å²) in [5, 5.41) is 0.605. The van der Waals surface area contributed by atoms with Crippen molar-refractivity contribution in [2.45, 2.75) is 11.9 Å². The van der Waals surface area contributed by atoms with Crippen molar-refractivity contribution in [1.29, 1.82) is 0 Å². The molecule has 2 aromatic rings. The Labute approximate surface area is 123 Å². The topological polar surface area (TPSA) is 9.23 Å². The van der Waals surface area contributed by atoms with Crippen LogP contribution in [-0.4, -0.2) is 0 Å². The van der Waals surface area contributed by atoms with Crippen LogP contribution in [0.3, 0.4) is 0 Å². The molecule has 0 spiro atoms. The van der Waals surface area contributed by atoms with Gasteiger partial charge in [-0.25, -0.2) is 8.78 Å². The van der Waals surface area contributed by atoms with Gasteiger partial charge in [0.15, 0.2) is 11.6 Å². The summed E-state index contributed by atoms with van der Waals surface area (Å²) in [5.74, 6) is -0.756. The van der Waals surface area contributed by atoms with Crippen LogP contribution in [0.5, 0.6) is 5.75 Å². The number of hydrogen-bond donors (Lipinski definition) is 0. The number of halogens is 4. The quantitative estimate of drug-likeness (QED) is 0.700. The third-order valence-electron chi connectivity index (χ3n) is 2.53. The van der Waals surface area contributed by atoms with Gasteiger partial charge in [-0.1, -0.05) is 39.7 Å². The molecule has 0 saturated heterocycles. The van der Waals surface area contributed by atoms with Crippen LogP contribution in [-0.2, 0) is 11.9 Å². The average molecular weight is 348 g/mol. The fourth-order valence-corrected chi connectivity index (χ4v) is 2.09. The second-order valence-corrected chi connectivity index (χ2v) is 4.90. The molecule has 0 aliphatic heterocycles. The summed E-state index contributed by atoms with van der Waals surface area (Å²) >= 11 is 8.91. The van der Waals surface area contributed by atoms with Crippen molar-refractivity contribution in [2.75, 3.05) is 0 Å². The van der Waals surface area contributed by atoms with Gasteiger partial charge >= 0.3 is 0 Å². The van der Waals surface area contributed by atoms with Crippen molar-refractivity contribution in [3.63, 3.8) is 0 Å². The molecule has 0 aliphatic carbocycles. The van der Waals surface area contributed by atoms with E-state index >= 15 is 0 Å². The summed E-state index contributed by atoms with van der Waals surface area (Å²) < 4.78 is 32.0. The first-order valence-electron chi connectivity index (χ1n) is 5.51. The van der Waals surface area contributed by atoms with Gasteiger partial charge in [0.25, 0.3) is 0 Å². The van der Waals surface area contributed by atoms with E-state index in [-0.39, 0.29) is 17.4 Å². The van der Waals surface area contributed by atoms with Gasteiger partial charge in [-0.15, -0.1) is 0 Å². The first kappa shape index (κ1) is 14.3. The Hall–Kier alpha value is -1.13. The highest BCUT2D eigenvalue weighted by molar-refractivity contribution is 9.08. The van der Waals surface area contributed by atoms with Crippen LogP contribution in [0.1, 0.15) is 11.1 Å². The molecule has 0 aromatic heterocycles. The maximum absolute atomic E-state index is 13.7. The van der Waals surface area contributed by atoms with Gasteiger partial charge in [-0.2, -0.15) is 0 Å². The zero-order valence-corrected chi connectivity index (χ0v) is 12.1. The monoisotopic (exact) mass is 346 g/mol. The average Bonchev–Trinajstić information content (AvgIpc) is 2.41. The predicted octanol–water partition coefficient (Wildman–Crippen LogP) is 5.09. The van der Waals surface area contributed by atoms with Gasteiger partial charge in [-0.3, -0.25) is 0 Å². The lowest BCUT2D eigenvalue weighted by Gasteiger charge is -2.08. The van der Waals surface area contributed by atoms with Gasteiger partial charge in [0.2, 0.25) is 0 Å². The van der Waals surface area contributed by atoms with E-state index in [1.165, 1.54) is 18.2 Å². The van der Waals surface area contributed by atoms with E-state index in [1.54, 1.807) is 18.2 Å². The lowest BCUT2D eigenvalue weighted by atomic mass is 10.2. The fraction of sp³-hybridized carbons (Fsp3) is 0.143. The van der Waals surface area contributed by atoms with Gasteiger partial charge in [0, 0.05) is 5.33 Å². The second kappa shape index (κ2) is 6.35. The van der Waals surface area contributed by atoms with Crippen molar-refractivity contribution in [3.8, 4) is 5.75 Å². The van der Waals surface area contributed by atoms with Crippen LogP contribution < -0.4 is 4.74 Å². The van der Waals surface area contributed by atoms with E-state index in [4.69, 9.17) is 16.3 Å². The van der Waals surface area contributed by atoms with E-state index in [0.717, 1.165) is 5.56 Å². The highest BCUT2D eigenvalue weighted by atomic mass is 79.9. The van der Waals surface area contributed by atoms with Gasteiger partial charge in [-0.05, 0) is 35.4 Å². The Morgan fingerprint density at radius 2 is 1.74 bits per heavy atom. The highest BCUT2D eigenvalue weighted by Crippen LogP contribution is 2.22. The van der Waals surface area contributed by atoms with Crippen molar-refractivity contribution in [1.82, 2.24) is 0 Å². The summed E-state index contributed by atoms with van der Waals surface area (Å²) in [5.41, 5.74) is 1.50. The lowest BCUT2D eigenvalue weighted by Crippen LogP contribution is -1.98. The normalized spacial score (nSPS) is 10.5. The van der Waals surface area contributed by atoms with Gasteiger partial charge < -0.3 is 4.74 Å². The third kappa shape index (κ3) is 3.67. The SMILES string of the molecule is Fc1ccc(COc2ccc(CBr)cc2F)cc1Cl. The third-order valence-corrected chi connectivity index (χ3v) is 3.47. The first-order valence-corrected chi connectivity index (χ1v) is 7.01. The van der Waals surface area contributed by atoms with E-state index in [0.29, 0.717) is 10.9 Å². The summed E-state index contributed by atoms with van der Waals surface area (Å²) in [4.78, 5) is 0. The molecule has 0 atom stereocenters. The minimum atomic E-state index is -0.488. The molecule has 1 nitrogen and oxygen atoms in total. The highest BCUT2D eigenvalue weighted by Gasteiger charge is 2.06. The van der Waals surface area contributed by atoms with Gasteiger partial charge in [0.1, 0.15) is 12.4 Å². The molecule has 19 heavy (non-hydrogen) atoms. The standard InChI is InChI=1S/C14H10BrClF2O/c15-7-9-2-4-14(13(18)6-9)19-8-10-1-3-12(17)11(16)5-10/h1-6H,7-8H2. The van der Waals surface area contributed by atoms with Crippen LogP contribution >= 0.6 is 27.5 Å². The Balaban J connectivity index is 2.07. The number of hydrogen-bond acceptors (Lipinski definition) is 1. The first-order chi connectivity index (χ1) is 9.10. The van der Waals surface area contributed by atoms with Crippen LogP contribution in [0.15, 0.2) is 36.4 Å². The Morgan fingerprint density at radius 1 is 1.00 bits per heavy atom.